The quantitative estimate of drug-likeness (QED) is 0.758. The summed E-state index contributed by atoms with van der Waals surface area (Å²) >= 11 is 0. The maximum atomic E-state index is 12.4. The van der Waals surface area contributed by atoms with E-state index in [0.717, 1.165) is 13.1 Å². The van der Waals surface area contributed by atoms with E-state index in [1.807, 2.05) is 12.1 Å². The van der Waals surface area contributed by atoms with Crippen LogP contribution in [0, 0.1) is 6.92 Å². The second-order valence-corrected chi connectivity index (χ2v) is 6.82. The maximum Gasteiger partial charge on any atom is 0.258 e. The van der Waals surface area contributed by atoms with E-state index < -0.39 is 0 Å². The largest absolute Gasteiger partial charge is 0.493 e. The van der Waals surface area contributed by atoms with Crippen molar-refractivity contribution in [1.82, 2.24) is 10.2 Å². The van der Waals surface area contributed by atoms with E-state index in [-0.39, 0.29) is 18.6 Å². The van der Waals surface area contributed by atoms with Crippen LogP contribution in [0.25, 0.3) is 0 Å². The number of benzene rings is 2. The number of hydrogen-bond acceptors (Lipinski definition) is 5. The highest BCUT2D eigenvalue weighted by Gasteiger charge is 2.23. The molecule has 0 aliphatic carbocycles. The number of para-hydroxylation sites is 2. The van der Waals surface area contributed by atoms with Crippen LogP contribution in [0.2, 0.25) is 0 Å². The van der Waals surface area contributed by atoms with Crippen LogP contribution in [-0.2, 0) is 9.53 Å². The number of aryl methyl sites for hydroxylation is 1. The molecule has 2 aromatic carbocycles. The maximum absolute atomic E-state index is 12.4. The molecular weight excluding hydrogens is 356 g/mol. The lowest BCUT2D eigenvalue weighted by Gasteiger charge is -2.35. The molecule has 28 heavy (non-hydrogen) atoms. The highest BCUT2D eigenvalue weighted by atomic mass is 16.5. The summed E-state index contributed by atoms with van der Waals surface area (Å²) in [6.07, 6.45) is 0. The van der Waals surface area contributed by atoms with Crippen molar-refractivity contribution >= 4 is 5.91 Å². The van der Waals surface area contributed by atoms with Crippen molar-refractivity contribution < 1.29 is 19.0 Å². The number of morpholine rings is 1. The molecule has 1 unspecified atom stereocenters. The molecule has 1 fully saturated rings. The number of hydrogen-bond donors (Lipinski definition) is 1. The van der Waals surface area contributed by atoms with E-state index in [4.69, 9.17) is 14.2 Å². The van der Waals surface area contributed by atoms with Gasteiger partial charge in [0.05, 0.1) is 26.4 Å². The lowest BCUT2D eigenvalue weighted by molar-refractivity contribution is -0.123. The molecule has 6 heteroatoms. The number of carbonyl (C=O) groups excluding carboxylic acids is 1. The third-order valence-electron chi connectivity index (χ3n) is 4.83. The van der Waals surface area contributed by atoms with Crippen molar-refractivity contribution in [2.75, 3.05) is 46.6 Å². The molecule has 1 atom stereocenters. The van der Waals surface area contributed by atoms with E-state index in [0.29, 0.717) is 31.3 Å². The number of ether oxygens (including phenoxy) is 3. The van der Waals surface area contributed by atoms with Gasteiger partial charge in [-0.1, -0.05) is 42.0 Å². The summed E-state index contributed by atoms with van der Waals surface area (Å²) in [5.41, 5.74) is 2.41. The first-order valence-corrected chi connectivity index (χ1v) is 9.58. The molecular formula is C22H28N2O4. The average Bonchev–Trinajstić information content (AvgIpc) is 2.73. The van der Waals surface area contributed by atoms with Crippen molar-refractivity contribution in [1.29, 1.82) is 0 Å². The monoisotopic (exact) mass is 384 g/mol. The predicted molar refractivity (Wildman–Crippen MR) is 108 cm³/mol. The van der Waals surface area contributed by atoms with Gasteiger partial charge in [-0.3, -0.25) is 9.69 Å². The molecule has 6 nitrogen and oxygen atoms in total. The molecule has 0 aromatic heterocycles. The van der Waals surface area contributed by atoms with Gasteiger partial charge >= 0.3 is 0 Å². The minimum absolute atomic E-state index is 0.0516. The summed E-state index contributed by atoms with van der Waals surface area (Å²) in [4.78, 5) is 14.7. The lowest BCUT2D eigenvalue weighted by atomic mass is 10.0. The summed E-state index contributed by atoms with van der Waals surface area (Å²) in [5, 5.41) is 3.02. The van der Waals surface area contributed by atoms with E-state index in [2.05, 4.69) is 41.4 Å². The number of rotatable bonds is 8. The van der Waals surface area contributed by atoms with Gasteiger partial charge in [0, 0.05) is 19.6 Å². The number of amides is 1. The molecule has 2 aromatic rings. The van der Waals surface area contributed by atoms with Crippen LogP contribution in [0.1, 0.15) is 17.2 Å². The third kappa shape index (κ3) is 5.47. The van der Waals surface area contributed by atoms with Crippen LogP contribution < -0.4 is 14.8 Å². The van der Waals surface area contributed by atoms with E-state index in [1.165, 1.54) is 11.1 Å². The van der Waals surface area contributed by atoms with Gasteiger partial charge in [0.2, 0.25) is 0 Å². The van der Waals surface area contributed by atoms with Gasteiger partial charge in [0.1, 0.15) is 0 Å². The van der Waals surface area contributed by atoms with Gasteiger partial charge in [0.25, 0.3) is 5.91 Å². The first-order chi connectivity index (χ1) is 13.7. The van der Waals surface area contributed by atoms with Crippen molar-refractivity contribution in [2.45, 2.75) is 13.0 Å². The zero-order chi connectivity index (χ0) is 19.8. The first-order valence-electron chi connectivity index (χ1n) is 9.58. The average molecular weight is 384 g/mol. The van der Waals surface area contributed by atoms with Gasteiger partial charge in [-0.25, -0.2) is 0 Å². The van der Waals surface area contributed by atoms with Crippen LogP contribution in [-0.4, -0.2) is 57.4 Å². The van der Waals surface area contributed by atoms with Gasteiger partial charge in [0.15, 0.2) is 18.1 Å². The standard InChI is InChI=1S/C22H28N2O4/c1-17-6-5-7-18(14-17)19(24-10-12-27-13-11-24)15-23-22(25)16-28-21-9-4-3-8-20(21)26-2/h3-9,14,19H,10-13,15-16H2,1-2H3,(H,23,25). The summed E-state index contributed by atoms with van der Waals surface area (Å²) in [5.74, 6) is 1.02. The summed E-state index contributed by atoms with van der Waals surface area (Å²) < 4.78 is 16.4. The Balaban J connectivity index is 1.60. The van der Waals surface area contributed by atoms with E-state index in [9.17, 15) is 4.79 Å². The highest BCUT2D eigenvalue weighted by molar-refractivity contribution is 5.77. The normalized spacial score (nSPS) is 15.6. The Morgan fingerprint density at radius 1 is 1.14 bits per heavy atom. The minimum atomic E-state index is -0.156. The second kappa shape index (κ2) is 10.1. The zero-order valence-corrected chi connectivity index (χ0v) is 16.5. The molecule has 0 radical (unpaired) electrons. The molecule has 0 bridgehead atoms. The second-order valence-electron chi connectivity index (χ2n) is 6.82. The molecule has 0 spiro atoms. The Kier molecular flexibility index (Phi) is 7.28. The SMILES string of the molecule is COc1ccccc1OCC(=O)NCC(c1cccc(C)c1)N1CCOCC1. The van der Waals surface area contributed by atoms with Gasteiger partial charge in [-0.05, 0) is 24.6 Å². The molecule has 1 aliphatic heterocycles. The van der Waals surface area contributed by atoms with E-state index >= 15 is 0 Å². The summed E-state index contributed by atoms with van der Waals surface area (Å²) in [7, 11) is 1.58. The summed E-state index contributed by atoms with van der Waals surface area (Å²) in [6, 6.07) is 15.9. The fraction of sp³-hybridized carbons (Fsp3) is 0.409. The Morgan fingerprint density at radius 3 is 2.61 bits per heavy atom. The molecule has 1 N–H and O–H groups in total. The van der Waals surface area contributed by atoms with Gasteiger partial charge in [-0.2, -0.15) is 0 Å². The van der Waals surface area contributed by atoms with Crippen LogP contribution in [0.15, 0.2) is 48.5 Å². The van der Waals surface area contributed by atoms with Gasteiger partial charge in [-0.15, -0.1) is 0 Å². The molecule has 3 rings (SSSR count). The number of nitrogens with zero attached hydrogens (tertiary/aromatic N) is 1. The Labute approximate surface area is 166 Å². The first kappa shape index (κ1) is 20.2. The fourth-order valence-corrected chi connectivity index (χ4v) is 3.37. The van der Waals surface area contributed by atoms with Crippen molar-refractivity contribution in [2.24, 2.45) is 0 Å². The summed E-state index contributed by atoms with van der Waals surface area (Å²) in [6.45, 7) is 5.69. The Hall–Kier alpha value is -2.57. The lowest BCUT2D eigenvalue weighted by Crippen LogP contribution is -2.44. The molecule has 1 saturated heterocycles. The Morgan fingerprint density at radius 2 is 1.89 bits per heavy atom. The Bertz CT molecular complexity index is 775. The third-order valence-corrected chi connectivity index (χ3v) is 4.83. The zero-order valence-electron chi connectivity index (χ0n) is 16.5. The molecule has 150 valence electrons. The number of nitrogens with one attached hydrogen (secondary N) is 1. The van der Waals surface area contributed by atoms with E-state index in [1.54, 1.807) is 19.2 Å². The fourth-order valence-electron chi connectivity index (χ4n) is 3.37. The van der Waals surface area contributed by atoms with Crippen LogP contribution in [0.3, 0.4) is 0 Å². The smallest absolute Gasteiger partial charge is 0.258 e. The van der Waals surface area contributed by atoms with Crippen molar-refractivity contribution in [3.8, 4) is 11.5 Å². The van der Waals surface area contributed by atoms with Crippen LogP contribution >= 0.6 is 0 Å². The number of methoxy groups -OCH3 is 1. The predicted octanol–water partition coefficient (Wildman–Crippen LogP) is 2.57. The number of carbonyl (C=O) groups is 1. The van der Waals surface area contributed by atoms with Crippen LogP contribution in [0.5, 0.6) is 11.5 Å². The molecule has 0 saturated carbocycles. The highest BCUT2D eigenvalue weighted by Crippen LogP contribution is 2.25. The van der Waals surface area contributed by atoms with Crippen molar-refractivity contribution in [3.05, 3.63) is 59.7 Å². The van der Waals surface area contributed by atoms with Gasteiger partial charge < -0.3 is 19.5 Å². The van der Waals surface area contributed by atoms with Crippen molar-refractivity contribution in [3.63, 3.8) is 0 Å². The molecule has 1 heterocycles. The molecule has 1 aliphatic rings. The molecule has 1 amide bonds. The van der Waals surface area contributed by atoms with Crippen LogP contribution in [0.4, 0.5) is 0 Å². The topological polar surface area (TPSA) is 60.0 Å². The minimum Gasteiger partial charge on any atom is -0.493 e.